The number of rotatable bonds is 7. The highest BCUT2D eigenvalue weighted by molar-refractivity contribution is 5.88. The average molecular weight is 445 g/mol. The zero-order chi connectivity index (χ0) is 22.5. The van der Waals surface area contributed by atoms with Crippen molar-refractivity contribution in [2.75, 3.05) is 53.5 Å². The minimum Gasteiger partial charge on any atom is -0.497 e. The molecular weight excluding hydrogens is 408 g/mol. The molecule has 0 spiro atoms. The summed E-state index contributed by atoms with van der Waals surface area (Å²) >= 11 is 0. The molecule has 1 N–H and O–H groups in total. The van der Waals surface area contributed by atoms with Gasteiger partial charge in [0, 0.05) is 57.9 Å². The third-order valence-corrected chi connectivity index (χ3v) is 7.11. The van der Waals surface area contributed by atoms with Gasteiger partial charge in [0.1, 0.15) is 11.5 Å². The standard InChI is InChI=1S/C24H36N4O4/c1-31-20-13-18(14-21(15-20)32-2)17-28-8-7-25-24(30)22(28)16-23(29)27-11-9-26(10-12-27)19-5-3-4-6-19/h13-15,19,22H,3-12,16-17H2,1-2H3,(H,25,30). The minimum absolute atomic E-state index is 0.0657. The molecule has 4 rings (SSSR count). The number of carbonyl (C=O) groups excluding carboxylic acids is 2. The van der Waals surface area contributed by atoms with E-state index in [1.54, 1.807) is 14.2 Å². The molecule has 0 aromatic heterocycles. The van der Waals surface area contributed by atoms with Crippen molar-refractivity contribution in [3.8, 4) is 11.5 Å². The quantitative estimate of drug-likeness (QED) is 0.687. The minimum atomic E-state index is -0.457. The Balaban J connectivity index is 1.37. The largest absolute Gasteiger partial charge is 0.497 e. The molecule has 32 heavy (non-hydrogen) atoms. The second-order valence-electron chi connectivity index (χ2n) is 9.06. The number of benzene rings is 1. The van der Waals surface area contributed by atoms with Crippen LogP contribution in [0.1, 0.15) is 37.7 Å². The fourth-order valence-corrected chi connectivity index (χ4v) is 5.27. The molecule has 1 aliphatic carbocycles. The number of piperazine rings is 2. The first-order chi connectivity index (χ1) is 15.6. The maximum absolute atomic E-state index is 13.1. The van der Waals surface area contributed by atoms with Crippen LogP contribution in [-0.2, 0) is 16.1 Å². The molecule has 1 saturated carbocycles. The van der Waals surface area contributed by atoms with Gasteiger partial charge in [0.05, 0.1) is 26.7 Å². The summed E-state index contributed by atoms with van der Waals surface area (Å²) in [6, 6.07) is 5.98. The van der Waals surface area contributed by atoms with Gasteiger partial charge in [-0.2, -0.15) is 0 Å². The van der Waals surface area contributed by atoms with Crippen LogP contribution < -0.4 is 14.8 Å². The number of hydrogen-bond donors (Lipinski definition) is 1. The Kier molecular flexibility index (Phi) is 7.52. The Hall–Kier alpha value is -2.32. The van der Waals surface area contributed by atoms with E-state index < -0.39 is 6.04 Å². The number of nitrogens with zero attached hydrogens (tertiary/aromatic N) is 3. The van der Waals surface area contributed by atoms with Crippen LogP contribution in [0.2, 0.25) is 0 Å². The van der Waals surface area contributed by atoms with Gasteiger partial charge in [0.2, 0.25) is 11.8 Å². The third-order valence-electron chi connectivity index (χ3n) is 7.11. The van der Waals surface area contributed by atoms with Gasteiger partial charge in [-0.1, -0.05) is 12.8 Å². The smallest absolute Gasteiger partial charge is 0.237 e. The van der Waals surface area contributed by atoms with Crippen molar-refractivity contribution in [1.29, 1.82) is 0 Å². The van der Waals surface area contributed by atoms with Crippen molar-refractivity contribution in [1.82, 2.24) is 20.0 Å². The molecule has 0 bridgehead atoms. The Morgan fingerprint density at radius 3 is 2.28 bits per heavy atom. The van der Waals surface area contributed by atoms with Crippen LogP contribution in [0.15, 0.2) is 18.2 Å². The summed E-state index contributed by atoms with van der Waals surface area (Å²) in [6.07, 6.45) is 5.46. The summed E-state index contributed by atoms with van der Waals surface area (Å²) in [7, 11) is 3.25. The monoisotopic (exact) mass is 444 g/mol. The van der Waals surface area contributed by atoms with E-state index in [0.717, 1.165) is 31.7 Å². The topological polar surface area (TPSA) is 74.4 Å². The number of methoxy groups -OCH3 is 2. The zero-order valence-electron chi connectivity index (χ0n) is 19.3. The molecular formula is C24H36N4O4. The Morgan fingerprint density at radius 1 is 1.00 bits per heavy atom. The molecule has 2 aliphatic heterocycles. The van der Waals surface area contributed by atoms with E-state index >= 15 is 0 Å². The van der Waals surface area contributed by atoms with E-state index in [4.69, 9.17) is 9.47 Å². The second-order valence-corrected chi connectivity index (χ2v) is 9.06. The van der Waals surface area contributed by atoms with E-state index in [1.165, 1.54) is 25.7 Å². The molecule has 8 nitrogen and oxygen atoms in total. The molecule has 8 heteroatoms. The van der Waals surface area contributed by atoms with Crippen LogP contribution in [0, 0.1) is 0 Å². The van der Waals surface area contributed by atoms with Gasteiger partial charge < -0.3 is 19.7 Å². The van der Waals surface area contributed by atoms with E-state index in [0.29, 0.717) is 37.2 Å². The van der Waals surface area contributed by atoms with Gasteiger partial charge in [0.15, 0.2) is 0 Å². The van der Waals surface area contributed by atoms with Gasteiger partial charge in [-0.05, 0) is 30.5 Å². The molecule has 3 fully saturated rings. The fraction of sp³-hybridized carbons (Fsp3) is 0.667. The molecule has 3 aliphatic rings. The van der Waals surface area contributed by atoms with Crippen molar-refractivity contribution in [3.63, 3.8) is 0 Å². The van der Waals surface area contributed by atoms with Gasteiger partial charge in [-0.3, -0.25) is 19.4 Å². The molecule has 2 heterocycles. The lowest BCUT2D eigenvalue weighted by Crippen LogP contribution is -2.57. The lowest BCUT2D eigenvalue weighted by molar-refractivity contribution is -0.140. The molecule has 1 aromatic carbocycles. The van der Waals surface area contributed by atoms with Crippen molar-refractivity contribution in [2.45, 2.75) is 50.7 Å². The maximum atomic E-state index is 13.1. The van der Waals surface area contributed by atoms with E-state index in [1.807, 2.05) is 23.1 Å². The maximum Gasteiger partial charge on any atom is 0.237 e. The summed E-state index contributed by atoms with van der Waals surface area (Å²) in [4.78, 5) is 32.4. The molecule has 1 unspecified atom stereocenters. The summed E-state index contributed by atoms with van der Waals surface area (Å²) in [5, 5.41) is 2.94. The summed E-state index contributed by atoms with van der Waals surface area (Å²) in [5.41, 5.74) is 0.999. The van der Waals surface area contributed by atoms with Crippen LogP contribution >= 0.6 is 0 Å². The molecule has 1 atom stereocenters. The normalized spacial score (nSPS) is 23.2. The highest BCUT2D eigenvalue weighted by atomic mass is 16.5. The van der Waals surface area contributed by atoms with E-state index in [2.05, 4.69) is 15.1 Å². The first-order valence-electron chi connectivity index (χ1n) is 11.8. The average Bonchev–Trinajstić information content (AvgIpc) is 3.36. The second kappa shape index (κ2) is 10.5. The number of amides is 2. The highest BCUT2D eigenvalue weighted by Crippen LogP contribution is 2.26. The van der Waals surface area contributed by atoms with Crippen molar-refractivity contribution in [2.24, 2.45) is 0 Å². The molecule has 176 valence electrons. The SMILES string of the molecule is COc1cc(CN2CCNC(=O)C2CC(=O)N2CCN(C3CCCC3)CC2)cc(OC)c1. The summed E-state index contributed by atoms with van der Waals surface area (Å²) < 4.78 is 10.8. The van der Waals surface area contributed by atoms with Crippen molar-refractivity contribution >= 4 is 11.8 Å². The summed E-state index contributed by atoms with van der Waals surface area (Å²) in [6.45, 7) is 5.27. The summed E-state index contributed by atoms with van der Waals surface area (Å²) in [5.74, 6) is 1.44. The van der Waals surface area contributed by atoms with Crippen LogP contribution in [0.25, 0.3) is 0 Å². The molecule has 0 radical (unpaired) electrons. The molecule has 1 aromatic rings. The molecule has 2 saturated heterocycles. The van der Waals surface area contributed by atoms with Crippen molar-refractivity contribution in [3.05, 3.63) is 23.8 Å². The Bertz CT molecular complexity index is 781. The van der Waals surface area contributed by atoms with Crippen LogP contribution in [0.3, 0.4) is 0 Å². The van der Waals surface area contributed by atoms with Crippen LogP contribution in [-0.4, -0.2) is 92.1 Å². The Labute approximate surface area is 190 Å². The lowest BCUT2D eigenvalue weighted by atomic mass is 10.1. The molecule has 2 amide bonds. The van der Waals surface area contributed by atoms with E-state index in [9.17, 15) is 9.59 Å². The first-order valence-corrected chi connectivity index (χ1v) is 11.8. The van der Waals surface area contributed by atoms with Gasteiger partial charge in [-0.15, -0.1) is 0 Å². The first kappa shape index (κ1) is 22.9. The van der Waals surface area contributed by atoms with Gasteiger partial charge in [-0.25, -0.2) is 0 Å². The Morgan fingerprint density at radius 2 is 1.66 bits per heavy atom. The number of nitrogens with one attached hydrogen (secondary N) is 1. The zero-order valence-corrected chi connectivity index (χ0v) is 19.3. The highest BCUT2D eigenvalue weighted by Gasteiger charge is 2.34. The van der Waals surface area contributed by atoms with Crippen LogP contribution in [0.4, 0.5) is 0 Å². The van der Waals surface area contributed by atoms with Gasteiger partial charge >= 0.3 is 0 Å². The number of carbonyl (C=O) groups is 2. The predicted molar refractivity (Wildman–Crippen MR) is 122 cm³/mol. The third kappa shape index (κ3) is 5.35. The predicted octanol–water partition coefficient (Wildman–Crippen LogP) is 1.48. The van der Waals surface area contributed by atoms with Crippen molar-refractivity contribution < 1.29 is 19.1 Å². The van der Waals surface area contributed by atoms with E-state index in [-0.39, 0.29) is 18.2 Å². The number of ether oxygens (including phenoxy) is 2. The number of hydrogen-bond acceptors (Lipinski definition) is 6. The fourth-order valence-electron chi connectivity index (χ4n) is 5.27. The van der Waals surface area contributed by atoms with Gasteiger partial charge in [0.25, 0.3) is 0 Å². The lowest BCUT2D eigenvalue weighted by Gasteiger charge is -2.40. The van der Waals surface area contributed by atoms with Crippen LogP contribution in [0.5, 0.6) is 11.5 Å².